The van der Waals surface area contributed by atoms with Gasteiger partial charge in [-0.05, 0) is 49.6 Å². The summed E-state index contributed by atoms with van der Waals surface area (Å²) in [5, 5.41) is 18.1. The zero-order valence-corrected chi connectivity index (χ0v) is 35.3. The van der Waals surface area contributed by atoms with Crippen molar-refractivity contribution >= 4 is 58.3 Å². The van der Waals surface area contributed by atoms with E-state index in [2.05, 4.69) is 36.4 Å². The number of amides is 6. The first-order valence-corrected chi connectivity index (χ1v) is 21.6. The highest BCUT2D eigenvalue weighted by atomic mass is 19.1. The number of aromatic nitrogens is 5. The molecule has 21 heteroatoms. The summed E-state index contributed by atoms with van der Waals surface area (Å²) in [6.07, 6.45) is 9.39. The lowest BCUT2D eigenvalue weighted by atomic mass is 10.0. The van der Waals surface area contributed by atoms with Crippen LogP contribution >= 0.6 is 0 Å². The number of imidazole rings is 1. The molecule has 3 aromatic heterocycles. The first kappa shape index (κ1) is 43.2. The van der Waals surface area contributed by atoms with E-state index in [1.54, 1.807) is 41.7 Å². The molecule has 0 bridgehead atoms. The zero-order chi connectivity index (χ0) is 45.0. The smallest absolute Gasteiger partial charge is 0.264 e. The Morgan fingerprint density at radius 1 is 0.892 bits per heavy atom. The summed E-state index contributed by atoms with van der Waals surface area (Å²) in [4.78, 5) is 90.2. The number of hydrogen-bond acceptors (Lipinski definition) is 14. The second-order valence-corrected chi connectivity index (χ2v) is 16.2. The third-order valence-corrected chi connectivity index (χ3v) is 11.8. The standard InChI is InChI=1S/C44H47FN12O8/c45-30-20-27(6-7-31(30)51-39-40-48-23-35(28-21-49-50-22-28)56(40)24-33(52-39)26-4-5-26)42(61)55-14-12-54(13-15-55)25-37(59)47-11-17-65-19-18-64-16-10-46-32-3-1-2-29-38(32)44(63)57(43(29)62)34-8-9-36(58)53-41(34)60/h1-3,6-7,20-24,26,34,46H,4-5,8-19,25H2,(H,47,59)(H,49,50)(H,51,52)(H,53,58,60). The monoisotopic (exact) mass is 890 g/mol. The van der Waals surface area contributed by atoms with Crippen molar-refractivity contribution < 1.29 is 42.6 Å². The zero-order valence-electron chi connectivity index (χ0n) is 35.3. The van der Waals surface area contributed by atoms with Crippen molar-refractivity contribution in [3.63, 3.8) is 0 Å². The molecular formula is C44H47FN12O8. The summed E-state index contributed by atoms with van der Waals surface area (Å²) in [5.74, 6) is -2.57. The molecule has 2 saturated heterocycles. The van der Waals surface area contributed by atoms with E-state index in [9.17, 15) is 28.8 Å². The Labute approximate surface area is 371 Å². The molecule has 20 nitrogen and oxygen atoms in total. The lowest BCUT2D eigenvalue weighted by Gasteiger charge is -2.34. The van der Waals surface area contributed by atoms with Gasteiger partial charge in [0.05, 0.1) is 73.6 Å². The quantitative estimate of drug-likeness (QED) is 0.0628. The number of halogens is 1. The van der Waals surface area contributed by atoms with Crippen LogP contribution in [0.15, 0.2) is 61.2 Å². The van der Waals surface area contributed by atoms with Gasteiger partial charge in [-0.3, -0.25) is 53.4 Å². The maximum absolute atomic E-state index is 15.6. The number of nitrogens with one attached hydrogen (secondary N) is 5. The Morgan fingerprint density at radius 3 is 2.43 bits per heavy atom. The summed E-state index contributed by atoms with van der Waals surface area (Å²) < 4.78 is 28.7. The molecule has 1 atom stereocenters. The minimum atomic E-state index is -1.04. The molecule has 1 aliphatic carbocycles. The van der Waals surface area contributed by atoms with Gasteiger partial charge in [-0.1, -0.05) is 6.07 Å². The average molecular weight is 891 g/mol. The molecule has 6 heterocycles. The third-order valence-electron chi connectivity index (χ3n) is 11.8. The van der Waals surface area contributed by atoms with Gasteiger partial charge in [-0.15, -0.1) is 0 Å². The number of H-pyrrole nitrogens is 1. The molecule has 1 unspecified atom stereocenters. The van der Waals surface area contributed by atoms with Crippen molar-refractivity contribution in [2.45, 2.75) is 37.6 Å². The molecule has 9 rings (SSSR count). The van der Waals surface area contributed by atoms with Crippen LogP contribution in [0.2, 0.25) is 0 Å². The van der Waals surface area contributed by atoms with Crippen LogP contribution in [0, 0.1) is 5.82 Å². The Morgan fingerprint density at radius 2 is 1.69 bits per heavy atom. The van der Waals surface area contributed by atoms with Crippen molar-refractivity contribution in [3.05, 3.63) is 89.4 Å². The van der Waals surface area contributed by atoms with E-state index in [-0.39, 0.29) is 80.0 Å². The van der Waals surface area contributed by atoms with E-state index < -0.39 is 35.5 Å². The molecule has 5 N–H and O–H groups in total. The van der Waals surface area contributed by atoms with Gasteiger partial charge in [0.1, 0.15) is 11.9 Å². The topological polar surface area (TPSA) is 238 Å². The van der Waals surface area contributed by atoms with Gasteiger partial charge in [0.25, 0.3) is 17.7 Å². The molecule has 338 valence electrons. The number of imide groups is 2. The number of aromatic amines is 1. The minimum absolute atomic E-state index is 0.0425. The van der Waals surface area contributed by atoms with E-state index in [1.165, 1.54) is 18.2 Å². The third kappa shape index (κ3) is 9.42. The predicted molar refractivity (Wildman–Crippen MR) is 231 cm³/mol. The number of nitrogens with zero attached hydrogens (tertiary/aromatic N) is 7. The molecule has 3 aliphatic heterocycles. The van der Waals surface area contributed by atoms with Crippen molar-refractivity contribution in [1.82, 2.24) is 49.9 Å². The molecule has 4 aliphatic rings. The second-order valence-electron chi connectivity index (χ2n) is 16.2. The lowest BCUT2D eigenvalue weighted by Crippen LogP contribution is -2.54. The number of carbonyl (C=O) groups excluding carboxylic acids is 6. The minimum Gasteiger partial charge on any atom is -0.382 e. The van der Waals surface area contributed by atoms with E-state index in [1.807, 2.05) is 15.5 Å². The molecular weight excluding hydrogens is 844 g/mol. The first-order valence-electron chi connectivity index (χ1n) is 21.6. The van der Waals surface area contributed by atoms with Crippen LogP contribution in [0.25, 0.3) is 16.9 Å². The lowest BCUT2D eigenvalue weighted by molar-refractivity contribution is -0.136. The Balaban J connectivity index is 0.654. The van der Waals surface area contributed by atoms with E-state index in [0.717, 1.165) is 34.7 Å². The number of carbonyl (C=O) groups is 6. The van der Waals surface area contributed by atoms with E-state index >= 15 is 4.39 Å². The average Bonchev–Trinajstić information content (AvgIpc) is 3.73. The summed E-state index contributed by atoms with van der Waals surface area (Å²) in [7, 11) is 0. The fourth-order valence-corrected chi connectivity index (χ4v) is 8.20. The van der Waals surface area contributed by atoms with Crippen molar-refractivity contribution in [2.24, 2.45) is 0 Å². The van der Waals surface area contributed by atoms with E-state index in [4.69, 9.17) is 14.5 Å². The number of anilines is 3. The predicted octanol–water partition coefficient (Wildman–Crippen LogP) is 2.30. The van der Waals surface area contributed by atoms with Gasteiger partial charge in [0.15, 0.2) is 11.5 Å². The van der Waals surface area contributed by atoms with Crippen LogP contribution in [-0.2, 0) is 23.9 Å². The van der Waals surface area contributed by atoms with Gasteiger partial charge in [-0.2, -0.15) is 5.10 Å². The number of benzene rings is 2. The highest BCUT2D eigenvalue weighted by molar-refractivity contribution is 6.25. The molecule has 3 fully saturated rings. The summed E-state index contributed by atoms with van der Waals surface area (Å²) in [6.45, 7) is 3.67. The summed E-state index contributed by atoms with van der Waals surface area (Å²) in [5.41, 5.74) is 4.33. The number of fused-ring (bicyclic) bond motifs is 2. The van der Waals surface area contributed by atoms with Crippen LogP contribution < -0.4 is 21.3 Å². The highest BCUT2D eigenvalue weighted by Crippen LogP contribution is 2.41. The van der Waals surface area contributed by atoms with Crippen LogP contribution in [-0.4, -0.2) is 153 Å². The van der Waals surface area contributed by atoms with Crippen LogP contribution in [0.4, 0.5) is 21.6 Å². The van der Waals surface area contributed by atoms with Crippen molar-refractivity contribution in [2.75, 3.05) is 82.9 Å². The van der Waals surface area contributed by atoms with Gasteiger partial charge >= 0.3 is 0 Å². The molecule has 0 radical (unpaired) electrons. The maximum Gasteiger partial charge on any atom is 0.264 e. The molecule has 65 heavy (non-hydrogen) atoms. The largest absolute Gasteiger partial charge is 0.382 e. The fraction of sp³-hybridized carbons (Fsp3) is 0.386. The molecule has 6 amide bonds. The number of hydrogen-bond donors (Lipinski definition) is 5. The van der Waals surface area contributed by atoms with Crippen LogP contribution in [0.1, 0.15) is 68.4 Å². The van der Waals surface area contributed by atoms with E-state index in [0.29, 0.717) is 62.3 Å². The normalized spacial score (nSPS) is 17.7. The number of ether oxygens (including phenoxy) is 2. The molecule has 1 saturated carbocycles. The van der Waals surface area contributed by atoms with Gasteiger partial charge < -0.3 is 30.3 Å². The van der Waals surface area contributed by atoms with Gasteiger partial charge in [0.2, 0.25) is 17.7 Å². The van der Waals surface area contributed by atoms with Gasteiger partial charge in [0, 0.05) is 80.8 Å². The van der Waals surface area contributed by atoms with Crippen molar-refractivity contribution in [3.8, 4) is 11.3 Å². The van der Waals surface area contributed by atoms with Gasteiger partial charge in [-0.25, -0.2) is 14.4 Å². The molecule has 0 spiro atoms. The fourth-order valence-electron chi connectivity index (χ4n) is 8.20. The maximum atomic E-state index is 15.6. The molecule has 5 aromatic rings. The van der Waals surface area contributed by atoms with Crippen molar-refractivity contribution in [1.29, 1.82) is 0 Å². The Kier molecular flexibility index (Phi) is 12.6. The molecule has 2 aromatic carbocycles. The van der Waals surface area contributed by atoms with Crippen LogP contribution in [0.5, 0.6) is 0 Å². The van der Waals surface area contributed by atoms with Crippen LogP contribution in [0.3, 0.4) is 0 Å². The number of piperazine rings is 1. The number of piperidine rings is 1. The summed E-state index contributed by atoms with van der Waals surface area (Å²) >= 11 is 0. The first-order chi connectivity index (χ1) is 31.6. The second kappa shape index (κ2) is 18.9. The summed E-state index contributed by atoms with van der Waals surface area (Å²) in [6, 6.07) is 8.17. The highest BCUT2D eigenvalue weighted by Gasteiger charge is 2.45. The number of rotatable bonds is 18. The SMILES string of the molecule is O=C(CN1CCN(C(=O)c2ccc(Nc3nc(C4CC4)cn4c(-c5cn[nH]c5)cnc34)c(F)c2)CC1)NCCOCCOCCNc1cccc2c1C(=O)N(C1CCC(=O)NC1=O)C2=O. The Hall–Kier alpha value is -7.10. The Bertz CT molecular complexity index is 2640.